The summed E-state index contributed by atoms with van der Waals surface area (Å²) in [6.07, 6.45) is -0.774. The van der Waals surface area contributed by atoms with E-state index in [1.54, 1.807) is 6.07 Å². The zero-order valence-electron chi connectivity index (χ0n) is 32.1. The Morgan fingerprint density at radius 1 is 0.458 bits per heavy atom. The summed E-state index contributed by atoms with van der Waals surface area (Å²) in [5.74, 6) is 0. The number of alkyl halides is 3. The van der Waals surface area contributed by atoms with Crippen LogP contribution < -0.4 is 5.73 Å². The third kappa shape index (κ3) is 6.05. The van der Waals surface area contributed by atoms with Crippen molar-refractivity contribution in [2.75, 3.05) is 5.73 Å². The highest BCUT2D eigenvalue weighted by atomic mass is 19.4. The fraction of sp³-hybridized carbons (Fsp3) is 0.0370. The first-order valence-electron chi connectivity index (χ1n) is 19.7. The van der Waals surface area contributed by atoms with E-state index in [9.17, 15) is 13.2 Å². The van der Waals surface area contributed by atoms with Crippen molar-refractivity contribution in [3.05, 3.63) is 199 Å². The minimum Gasteiger partial charge on any atom is -0.396 e. The van der Waals surface area contributed by atoms with Crippen molar-refractivity contribution in [2.24, 2.45) is 0 Å². The van der Waals surface area contributed by atoms with Gasteiger partial charge in [0.25, 0.3) is 0 Å². The molecule has 9 aromatic carbocycles. The fourth-order valence-electron chi connectivity index (χ4n) is 8.91. The van der Waals surface area contributed by atoms with Gasteiger partial charge in [0.2, 0.25) is 0 Å². The van der Waals surface area contributed by atoms with Gasteiger partial charge in [0.05, 0.1) is 22.5 Å². The van der Waals surface area contributed by atoms with Crippen LogP contribution in [-0.4, -0.2) is 4.57 Å². The quantitative estimate of drug-likeness (QED) is 0.168. The molecular formula is C54H37F3N2. The van der Waals surface area contributed by atoms with E-state index in [0.29, 0.717) is 17.1 Å². The van der Waals surface area contributed by atoms with Gasteiger partial charge >= 0.3 is 6.18 Å². The minimum atomic E-state index is -4.47. The summed E-state index contributed by atoms with van der Waals surface area (Å²) < 4.78 is 43.3. The molecule has 0 amide bonds. The van der Waals surface area contributed by atoms with Crippen LogP contribution in [0.15, 0.2) is 188 Å². The van der Waals surface area contributed by atoms with E-state index < -0.39 is 11.7 Å². The van der Waals surface area contributed by atoms with Crippen LogP contribution in [0.25, 0.3) is 99.5 Å². The molecule has 2 nitrogen and oxygen atoms in total. The van der Waals surface area contributed by atoms with Gasteiger partial charge in [-0.3, -0.25) is 0 Å². The van der Waals surface area contributed by atoms with Crippen LogP contribution in [0.1, 0.15) is 18.2 Å². The van der Waals surface area contributed by atoms with Gasteiger partial charge in [0, 0.05) is 11.1 Å². The molecule has 59 heavy (non-hydrogen) atoms. The second kappa shape index (κ2) is 14.2. The van der Waals surface area contributed by atoms with Gasteiger partial charge in [-0.05, 0) is 126 Å². The summed E-state index contributed by atoms with van der Waals surface area (Å²) in [4.78, 5) is 0. The summed E-state index contributed by atoms with van der Waals surface area (Å²) in [5, 5.41) is 7.68. The fourth-order valence-corrected chi connectivity index (χ4v) is 8.91. The Kier molecular flexibility index (Phi) is 8.68. The van der Waals surface area contributed by atoms with Crippen LogP contribution in [-0.2, 0) is 6.18 Å². The number of fused-ring (bicyclic) bond motifs is 4. The molecule has 10 aromatic rings. The van der Waals surface area contributed by atoms with E-state index in [1.165, 1.54) is 61.5 Å². The van der Waals surface area contributed by atoms with Crippen molar-refractivity contribution >= 4 is 55.0 Å². The molecule has 0 fully saturated rings. The van der Waals surface area contributed by atoms with Crippen molar-refractivity contribution in [2.45, 2.75) is 13.1 Å². The molecule has 0 radical (unpaired) electrons. The Morgan fingerprint density at radius 2 is 1.02 bits per heavy atom. The summed E-state index contributed by atoms with van der Waals surface area (Å²) in [5.41, 5.74) is 17.4. The van der Waals surface area contributed by atoms with E-state index in [0.717, 1.165) is 44.4 Å². The first-order valence-corrected chi connectivity index (χ1v) is 19.7. The average Bonchev–Trinajstić information content (AvgIpc) is 3.55. The highest BCUT2D eigenvalue weighted by molar-refractivity contribution is 6.24. The van der Waals surface area contributed by atoms with Gasteiger partial charge in [-0.1, -0.05) is 152 Å². The predicted molar refractivity (Wildman–Crippen MR) is 242 cm³/mol. The minimum absolute atomic E-state index is 0.395. The Balaban J connectivity index is 1.16. The van der Waals surface area contributed by atoms with Gasteiger partial charge in [-0.2, -0.15) is 13.2 Å². The molecule has 284 valence electrons. The number of nitrogens with two attached hydrogens (primary N) is 1. The molecule has 0 aliphatic carbocycles. The molecule has 0 aliphatic rings. The smallest absolute Gasteiger partial charge is 0.396 e. The number of allylic oxidation sites excluding steroid dienone is 1. The third-order valence-electron chi connectivity index (χ3n) is 11.5. The third-order valence-corrected chi connectivity index (χ3v) is 11.5. The van der Waals surface area contributed by atoms with Crippen LogP contribution in [0.4, 0.5) is 18.9 Å². The van der Waals surface area contributed by atoms with Crippen molar-refractivity contribution in [1.29, 1.82) is 0 Å². The van der Waals surface area contributed by atoms with Gasteiger partial charge < -0.3 is 10.3 Å². The summed E-state index contributed by atoms with van der Waals surface area (Å²) >= 11 is 0. The Labute approximate surface area is 339 Å². The molecule has 5 heteroatoms. The molecule has 1 heterocycles. The predicted octanol–water partition coefficient (Wildman–Crippen LogP) is 15.4. The molecule has 0 saturated heterocycles. The number of nitrogens with zero attached hydrogens (tertiary/aromatic N) is 1. The molecule has 0 aliphatic heterocycles. The van der Waals surface area contributed by atoms with Crippen LogP contribution in [0.3, 0.4) is 0 Å². The topological polar surface area (TPSA) is 30.9 Å². The van der Waals surface area contributed by atoms with Gasteiger partial charge in [-0.25, -0.2) is 0 Å². The zero-order chi connectivity index (χ0) is 40.3. The molecule has 10 rings (SSSR count). The summed E-state index contributed by atoms with van der Waals surface area (Å²) in [7, 11) is 0. The lowest BCUT2D eigenvalue weighted by Crippen LogP contribution is -2.06. The molecule has 0 spiro atoms. The van der Waals surface area contributed by atoms with E-state index >= 15 is 0 Å². The van der Waals surface area contributed by atoms with Crippen molar-refractivity contribution < 1.29 is 13.2 Å². The maximum absolute atomic E-state index is 13.8. The Hall–Kier alpha value is -7.37. The maximum Gasteiger partial charge on any atom is 0.416 e. The Bertz CT molecular complexity index is 3220. The monoisotopic (exact) mass is 770 g/mol. The zero-order valence-corrected chi connectivity index (χ0v) is 32.1. The van der Waals surface area contributed by atoms with Crippen LogP contribution >= 0.6 is 0 Å². The lowest BCUT2D eigenvalue weighted by Gasteiger charge is -2.20. The summed E-state index contributed by atoms with van der Waals surface area (Å²) in [6.45, 7) is 1.87. The molecule has 2 N–H and O–H groups in total. The number of rotatable bonds is 6. The van der Waals surface area contributed by atoms with Crippen LogP contribution in [0, 0.1) is 0 Å². The summed E-state index contributed by atoms with van der Waals surface area (Å²) in [6, 6.07) is 61.1. The highest BCUT2D eigenvalue weighted by Crippen LogP contribution is 2.47. The standard InChI is InChI=1S/C54H37F3N2/c1-2-14-50-53(58)48-32-36(27-30-49(48)59(50)39-20-13-19-38(33-39)54(55,56)57)40-28-29-47(42-22-7-6-21-41(40)42)52-45-25-10-8-23-43(45)51(44-24-9-11-26-46(44)52)37-18-12-17-35(31-37)34-15-4-3-5-16-34/h2-33H,58H2,1H3/b14-2-. The molecule has 0 saturated carbocycles. The normalized spacial score (nSPS) is 12.1. The average molecular weight is 771 g/mol. The van der Waals surface area contributed by atoms with Crippen LogP contribution in [0.5, 0.6) is 0 Å². The molecule has 0 unspecified atom stereocenters. The first-order chi connectivity index (χ1) is 28.8. The van der Waals surface area contributed by atoms with E-state index in [4.69, 9.17) is 5.73 Å². The second-order valence-electron chi connectivity index (χ2n) is 14.9. The van der Waals surface area contributed by atoms with Crippen LogP contribution in [0.2, 0.25) is 0 Å². The first kappa shape index (κ1) is 36.0. The number of anilines is 1. The molecular weight excluding hydrogens is 734 g/mol. The number of hydrogen-bond donors (Lipinski definition) is 1. The Morgan fingerprint density at radius 3 is 1.68 bits per heavy atom. The van der Waals surface area contributed by atoms with Crippen molar-refractivity contribution in [1.82, 2.24) is 4.57 Å². The lowest BCUT2D eigenvalue weighted by molar-refractivity contribution is -0.137. The number of benzene rings is 9. The van der Waals surface area contributed by atoms with Crippen molar-refractivity contribution in [3.63, 3.8) is 0 Å². The SMILES string of the molecule is C/C=C\c1c(N)c2cc(-c3ccc(-c4c5ccccc5c(-c5cccc(-c6ccccc6)c5)c5ccccc45)c4ccccc34)ccc2n1-c1cccc(C(F)(F)F)c1. The van der Waals surface area contributed by atoms with E-state index in [2.05, 4.69) is 140 Å². The number of halogens is 3. The van der Waals surface area contributed by atoms with E-state index in [-0.39, 0.29) is 0 Å². The van der Waals surface area contributed by atoms with Gasteiger partial charge in [0.15, 0.2) is 0 Å². The van der Waals surface area contributed by atoms with E-state index in [1.807, 2.05) is 41.8 Å². The molecule has 1 aromatic heterocycles. The highest BCUT2D eigenvalue weighted by Gasteiger charge is 2.31. The lowest BCUT2D eigenvalue weighted by atomic mass is 9.83. The van der Waals surface area contributed by atoms with Gasteiger partial charge in [-0.15, -0.1) is 0 Å². The number of aromatic nitrogens is 1. The maximum atomic E-state index is 13.8. The van der Waals surface area contributed by atoms with Gasteiger partial charge in [0.1, 0.15) is 0 Å². The molecule has 0 bridgehead atoms. The van der Waals surface area contributed by atoms with Crippen molar-refractivity contribution in [3.8, 4) is 50.2 Å². The second-order valence-corrected chi connectivity index (χ2v) is 14.9. The number of nitrogen functional groups attached to an aromatic ring is 1. The number of hydrogen-bond acceptors (Lipinski definition) is 1. The largest absolute Gasteiger partial charge is 0.416 e. The molecule has 0 atom stereocenters.